The van der Waals surface area contributed by atoms with Crippen LogP contribution < -0.4 is 5.56 Å². The SMILES string of the molecule is Cc1cc2c(c(=O)[nH]1)CN=CC2. The first-order chi connectivity index (χ1) is 5.77. The Balaban J connectivity index is 2.65. The fourth-order valence-electron chi connectivity index (χ4n) is 1.46. The number of nitrogens with one attached hydrogen (secondary N) is 1. The summed E-state index contributed by atoms with van der Waals surface area (Å²) < 4.78 is 0. The van der Waals surface area contributed by atoms with Crippen molar-refractivity contribution in [3.05, 3.63) is 33.2 Å². The first-order valence-electron chi connectivity index (χ1n) is 3.97. The molecule has 0 radical (unpaired) electrons. The van der Waals surface area contributed by atoms with Crippen molar-refractivity contribution in [1.29, 1.82) is 0 Å². The molecule has 0 saturated carbocycles. The molecule has 3 heteroatoms. The maximum absolute atomic E-state index is 11.4. The van der Waals surface area contributed by atoms with Crippen molar-refractivity contribution in [1.82, 2.24) is 4.98 Å². The van der Waals surface area contributed by atoms with Crippen LogP contribution in [-0.4, -0.2) is 11.2 Å². The second-order valence-corrected chi connectivity index (χ2v) is 3.01. The minimum atomic E-state index is 0.0156. The van der Waals surface area contributed by atoms with Crippen LogP contribution >= 0.6 is 0 Å². The lowest BCUT2D eigenvalue weighted by Gasteiger charge is -2.09. The van der Waals surface area contributed by atoms with Crippen LogP contribution in [0.3, 0.4) is 0 Å². The average Bonchev–Trinajstić information content (AvgIpc) is 2.04. The van der Waals surface area contributed by atoms with Gasteiger partial charge < -0.3 is 4.98 Å². The van der Waals surface area contributed by atoms with Gasteiger partial charge in [-0.25, -0.2) is 0 Å². The summed E-state index contributed by atoms with van der Waals surface area (Å²) >= 11 is 0. The molecule has 3 nitrogen and oxygen atoms in total. The molecule has 0 bridgehead atoms. The lowest BCUT2D eigenvalue weighted by Crippen LogP contribution is -2.18. The molecule has 12 heavy (non-hydrogen) atoms. The van der Waals surface area contributed by atoms with Crippen molar-refractivity contribution in [3.63, 3.8) is 0 Å². The van der Waals surface area contributed by atoms with Crippen LogP contribution in [-0.2, 0) is 13.0 Å². The van der Waals surface area contributed by atoms with Gasteiger partial charge in [0.15, 0.2) is 0 Å². The van der Waals surface area contributed by atoms with Gasteiger partial charge in [0, 0.05) is 23.9 Å². The van der Waals surface area contributed by atoms with E-state index in [1.165, 1.54) is 0 Å². The summed E-state index contributed by atoms with van der Waals surface area (Å²) in [4.78, 5) is 18.2. The first-order valence-corrected chi connectivity index (χ1v) is 3.97. The van der Waals surface area contributed by atoms with Gasteiger partial charge in [0.05, 0.1) is 6.54 Å². The Labute approximate surface area is 70.2 Å². The largest absolute Gasteiger partial charge is 0.326 e. The van der Waals surface area contributed by atoms with Crippen molar-refractivity contribution >= 4 is 6.21 Å². The van der Waals surface area contributed by atoms with E-state index < -0.39 is 0 Å². The molecule has 1 N–H and O–H groups in total. The van der Waals surface area contributed by atoms with Gasteiger partial charge in [0.25, 0.3) is 5.56 Å². The molecule has 2 rings (SSSR count). The third-order valence-electron chi connectivity index (χ3n) is 2.05. The second-order valence-electron chi connectivity index (χ2n) is 3.01. The third-order valence-corrected chi connectivity index (χ3v) is 2.05. The molecule has 0 spiro atoms. The van der Waals surface area contributed by atoms with E-state index in [2.05, 4.69) is 9.98 Å². The third kappa shape index (κ3) is 1.07. The molecule has 0 atom stereocenters. The van der Waals surface area contributed by atoms with Gasteiger partial charge in [-0.05, 0) is 18.6 Å². The Hall–Kier alpha value is -1.38. The molecule has 0 saturated heterocycles. The van der Waals surface area contributed by atoms with Gasteiger partial charge in [-0.2, -0.15) is 0 Å². The van der Waals surface area contributed by atoms with Gasteiger partial charge in [0.2, 0.25) is 0 Å². The molecule has 62 valence electrons. The molecule has 1 aliphatic rings. The number of aromatic nitrogens is 1. The molecule has 1 aliphatic heterocycles. The zero-order valence-electron chi connectivity index (χ0n) is 6.92. The van der Waals surface area contributed by atoms with E-state index in [1.54, 1.807) is 0 Å². The topological polar surface area (TPSA) is 45.2 Å². The number of hydrogen-bond acceptors (Lipinski definition) is 2. The molecule has 0 aromatic carbocycles. The van der Waals surface area contributed by atoms with Crippen LogP contribution in [0.5, 0.6) is 0 Å². The van der Waals surface area contributed by atoms with Crippen LogP contribution in [0.1, 0.15) is 16.8 Å². The predicted octanol–water partition coefficient (Wildman–Crippen LogP) is 0.810. The van der Waals surface area contributed by atoms with Crippen molar-refractivity contribution < 1.29 is 0 Å². The summed E-state index contributed by atoms with van der Waals surface area (Å²) in [5, 5.41) is 0. The number of nitrogens with zero attached hydrogens (tertiary/aromatic N) is 1. The first kappa shape index (κ1) is 7.28. The highest BCUT2D eigenvalue weighted by Gasteiger charge is 2.09. The highest BCUT2D eigenvalue weighted by molar-refractivity contribution is 5.64. The summed E-state index contributed by atoms with van der Waals surface area (Å²) in [6.07, 6.45) is 2.65. The van der Waals surface area contributed by atoms with E-state index in [0.29, 0.717) is 6.54 Å². The fraction of sp³-hybridized carbons (Fsp3) is 0.333. The van der Waals surface area contributed by atoms with Gasteiger partial charge in [0.1, 0.15) is 0 Å². The van der Waals surface area contributed by atoms with Crippen LogP contribution in [0.2, 0.25) is 0 Å². The van der Waals surface area contributed by atoms with E-state index in [1.807, 2.05) is 19.2 Å². The standard InChI is InChI=1S/C9H10N2O/c1-6-4-7-2-3-10-5-8(7)9(12)11-6/h3-4H,2,5H2,1H3,(H,11,12). The Morgan fingerprint density at radius 1 is 1.58 bits per heavy atom. The molecule has 0 amide bonds. The van der Waals surface area contributed by atoms with Crippen molar-refractivity contribution in [2.24, 2.45) is 4.99 Å². The Bertz CT molecular complexity index is 390. The van der Waals surface area contributed by atoms with Crippen molar-refractivity contribution in [2.75, 3.05) is 0 Å². The van der Waals surface area contributed by atoms with Crippen LogP contribution in [0.15, 0.2) is 15.9 Å². The minimum Gasteiger partial charge on any atom is -0.326 e. The highest BCUT2D eigenvalue weighted by Crippen LogP contribution is 2.10. The number of fused-ring (bicyclic) bond motifs is 1. The highest BCUT2D eigenvalue weighted by atomic mass is 16.1. The number of hydrogen-bond donors (Lipinski definition) is 1. The zero-order chi connectivity index (χ0) is 8.55. The van der Waals surface area contributed by atoms with E-state index in [0.717, 1.165) is 23.2 Å². The number of pyridine rings is 1. The monoisotopic (exact) mass is 162 g/mol. The number of aliphatic imine (C=N–C) groups is 1. The summed E-state index contributed by atoms with van der Waals surface area (Å²) in [5.74, 6) is 0. The summed E-state index contributed by atoms with van der Waals surface area (Å²) in [7, 11) is 0. The molecular formula is C9H10N2O. The molecule has 1 aromatic rings. The molecular weight excluding hydrogens is 152 g/mol. The van der Waals surface area contributed by atoms with Crippen molar-refractivity contribution in [3.8, 4) is 0 Å². The fourth-order valence-corrected chi connectivity index (χ4v) is 1.46. The van der Waals surface area contributed by atoms with Crippen molar-refractivity contribution in [2.45, 2.75) is 19.9 Å². The average molecular weight is 162 g/mol. The van der Waals surface area contributed by atoms with Crippen LogP contribution in [0, 0.1) is 6.92 Å². The molecule has 0 unspecified atom stereocenters. The van der Waals surface area contributed by atoms with Gasteiger partial charge in [-0.15, -0.1) is 0 Å². The van der Waals surface area contributed by atoms with E-state index in [-0.39, 0.29) is 5.56 Å². The lowest BCUT2D eigenvalue weighted by molar-refractivity contribution is 0.943. The molecule has 0 aliphatic carbocycles. The number of rotatable bonds is 0. The van der Waals surface area contributed by atoms with Crippen LogP contribution in [0.4, 0.5) is 0 Å². The Kier molecular flexibility index (Phi) is 1.57. The van der Waals surface area contributed by atoms with Gasteiger partial charge in [-0.1, -0.05) is 0 Å². The Morgan fingerprint density at radius 3 is 3.25 bits per heavy atom. The minimum absolute atomic E-state index is 0.0156. The van der Waals surface area contributed by atoms with E-state index in [9.17, 15) is 4.79 Å². The summed E-state index contributed by atoms with van der Waals surface area (Å²) in [5.41, 5.74) is 2.88. The quantitative estimate of drug-likeness (QED) is 0.602. The second kappa shape index (κ2) is 2.59. The van der Waals surface area contributed by atoms with Gasteiger partial charge >= 0.3 is 0 Å². The molecule has 1 aromatic heterocycles. The van der Waals surface area contributed by atoms with Crippen LogP contribution in [0.25, 0.3) is 0 Å². The normalized spacial score (nSPS) is 14.4. The van der Waals surface area contributed by atoms with Gasteiger partial charge in [-0.3, -0.25) is 9.79 Å². The molecule has 0 fully saturated rings. The maximum atomic E-state index is 11.4. The summed E-state index contributed by atoms with van der Waals surface area (Å²) in [6, 6.07) is 2.02. The lowest BCUT2D eigenvalue weighted by atomic mass is 10.0. The number of H-pyrrole nitrogens is 1. The Morgan fingerprint density at radius 2 is 2.42 bits per heavy atom. The van der Waals surface area contributed by atoms with E-state index in [4.69, 9.17) is 0 Å². The summed E-state index contributed by atoms with van der Waals surface area (Å²) in [6.45, 7) is 2.43. The smallest absolute Gasteiger partial charge is 0.253 e. The van der Waals surface area contributed by atoms with E-state index >= 15 is 0 Å². The number of aromatic amines is 1. The zero-order valence-corrected chi connectivity index (χ0v) is 6.92. The predicted molar refractivity (Wildman–Crippen MR) is 47.7 cm³/mol. The number of aryl methyl sites for hydroxylation is 1. The maximum Gasteiger partial charge on any atom is 0.253 e. The molecule has 2 heterocycles.